The zero-order chi connectivity index (χ0) is 25.4. The van der Waals surface area contributed by atoms with Gasteiger partial charge in [0.1, 0.15) is 30.2 Å². The number of halogens is 3. The van der Waals surface area contributed by atoms with Gasteiger partial charge in [0.05, 0.1) is 17.0 Å². The Balaban J connectivity index is 1.45. The lowest BCUT2D eigenvalue weighted by atomic mass is 9.77. The Labute approximate surface area is 210 Å². The van der Waals surface area contributed by atoms with Crippen LogP contribution in [0.3, 0.4) is 0 Å². The number of ether oxygens (including phenoxy) is 2. The van der Waals surface area contributed by atoms with Crippen molar-refractivity contribution in [3.8, 4) is 0 Å². The molecule has 192 valence electrons. The van der Waals surface area contributed by atoms with Gasteiger partial charge in [-0.25, -0.2) is 9.98 Å². The van der Waals surface area contributed by atoms with E-state index in [1.54, 1.807) is 24.6 Å². The van der Waals surface area contributed by atoms with Gasteiger partial charge in [0.25, 0.3) is 0 Å². The second-order valence-corrected chi connectivity index (χ2v) is 10.4. The third-order valence-electron chi connectivity index (χ3n) is 7.23. The summed E-state index contributed by atoms with van der Waals surface area (Å²) in [6, 6.07) is 0. The minimum atomic E-state index is -4.91. The van der Waals surface area contributed by atoms with Crippen molar-refractivity contribution in [2.24, 2.45) is 27.9 Å². The molecule has 4 atom stereocenters. The van der Waals surface area contributed by atoms with Gasteiger partial charge >= 0.3 is 6.36 Å². The van der Waals surface area contributed by atoms with Gasteiger partial charge in [0.15, 0.2) is 5.76 Å². The van der Waals surface area contributed by atoms with Gasteiger partial charge in [-0.2, -0.15) is 0 Å². The molecule has 3 unspecified atom stereocenters. The van der Waals surface area contributed by atoms with Crippen molar-refractivity contribution in [3.63, 3.8) is 0 Å². The molecule has 2 bridgehead atoms. The maximum atomic E-state index is 13.5. The van der Waals surface area contributed by atoms with Crippen LogP contribution in [-0.4, -0.2) is 41.7 Å². The van der Waals surface area contributed by atoms with Gasteiger partial charge in [-0.05, 0) is 69.3 Å². The van der Waals surface area contributed by atoms with E-state index in [0.717, 1.165) is 37.8 Å². The van der Waals surface area contributed by atoms with Crippen molar-refractivity contribution < 1.29 is 27.5 Å². The van der Waals surface area contributed by atoms with Crippen LogP contribution in [0.25, 0.3) is 5.57 Å². The van der Waals surface area contributed by atoms with Crippen molar-refractivity contribution in [2.45, 2.75) is 57.9 Å². The molecule has 0 spiro atoms. The van der Waals surface area contributed by atoms with Crippen LogP contribution >= 0.6 is 11.3 Å². The van der Waals surface area contributed by atoms with E-state index in [9.17, 15) is 13.2 Å². The fourth-order valence-corrected chi connectivity index (χ4v) is 6.29. The van der Waals surface area contributed by atoms with Gasteiger partial charge in [0, 0.05) is 22.9 Å². The van der Waals surface area contributed by atoms with Crippen LogP contribution in [0, 0.1) is 23.2 Å². The highest BCUT2D eigenvalue weighted by Crippen LogP contribution is 2.44. The standard InChI is InChI=1S/C25H27F3N4O3S/c1-13(32-33-2)18-11-19(24-30-7-8-36-24)22-21(23(18)35-25(26,27)28)31-17(12-34-22)6-3-14-9-15-4-5-16(10-14)20(15)29/h7-8,11-12,14-16,23,29H,3-6,9-10H2,1-2H3/b29-20?,32-13+/t14?,15-,16?,23?/m0/s1. The molecule has 2 fully saturated rings. The molecule has 5 rings (SSSR count). The van der Waals surface area contributed by atoms with Gasteiger partial charge in [-0.15, -0.1) is 24.5 Å². The summed E-state index contributed by atoms with van der Waals surface area (Å²) in [5.74, 6) is 1.43. The fourth-order valence-electron chi connectivity index (χ4n) is 5.63. The average Bonchev–Trinajstić information content (AvgIpc) is 3.42. The lowest BCUT2D eigenvalue weighted by Gasteiger charge is -2.31. The molecule has 2 heterocycles. The molecule has 1 N–H and O–H groups in total. The Morgan fingerprint density at radius 3 is 2.67 bits per heavy atom. The first-order valence-electron chi connectivity index (χ1n) is 11.9. The number of fused-ring (bicyclic) bond motifs is 3. The van der Waals surface area contributed by atoms with Crippen LogP contribution in [0.5, 0.6) is 0 Å². The summed E-state index contributed by atoms with van der Waals surface area (Å²) in [5.41, 5.74) is 2.44. The van der Waals surface area contributed by atoms with Crippen LogP contribution < -0.4 is 0 Å². The van der Waals surface area contributed by atoms with E-state index < -0.39 is 12.5 Å². The predicted octanol–water partition coefficient (Wildman–Crippen LogP) is 6.27. The number of nitrogens with zero attached hydrogens (tertiary/aromatic N) is 3. The molecule has 0 aromatic carbocycles. The largest absolute Gasteiger partial charge is 0.523 e. The first kappa shape index (κ1) is 24.9. The molecule has 11 heteroatoms. The fraction of sp³-hybridized carbons (Fsp3) is 0.520. The molecule has 1 aromatic rings. The second kappa shape index (κ2) is 9.93. The molecule has 4 aliphatic rings. The van der Waals surface area contributed by atoms with Gasteiger partial charge in [-0.1, -0.05) is 5.16 Å². The first-order chi connectivity index (χ1) is 17.2. The molecule has 3 aliphatic carbocycles. The number of allylic oxidation sites excluding steroid dienone is 3. The van der Waals surface area contributed by atoms with E-state index >= 15 is 0 Å². The maximum Gasteiger partial charge on any atom is 0.523 e. The number of thiazole rings is 1. The highest BCUT2D eigenvalue weighted by atomic mass is 32.1. The lowest BCUT2D eigenvalue weighted by Crippen LogP contribution is -2.39. The van der Waals surface area contributed by atoms with Gasteiger partial charge in [-0.3, -0.25) is 4.74 Å². The average molecular weight is 521 g/mol. The molecule has 1 aliphatic heterocycles. The number of aliphatic imine (C=N–C) groups is 1. The van der Waals surface area contributed by atoms with Crippen molar-refractivity contribution in [1.29, 1.82) is 5.41 Å². The Hall–Kier alpha value is -2.79. The Morgan fingerprint density at radius 2 is 2.03 bits per heavy atom. The lowest BCUT2D eigenvalue weighted by molar-refractivity contribution is -0.328. The summed E-state index contributed by atoms with van der Waals surface area (Å²) in [5, 5.41) is 14.5. The smallest absolute Gasteiger partial charge is 0.460 e. The number of aromatic nitrogens is 1. The summed E-state index contributed by atoms with van der Waals surface area (Å²) >= 11 is 1.34. The highest BCUT2D eigenvalue weighted by Gasteiger charge is 2.44. The maximum absolute atomic E-state index is 13.5. The zero-order valence-corrected chi connectivity index (χ0v) is 20.8. The minimum absolute atomic E-state index is 0.0451. The third kappa shape index (κ3) is 5.04. The molecule has 0 radical (unpaired) electrons. The number of rotatable bonds is 7. The van der Waals surface area contributed by atoms with Crippen molar-refractivity contribution in [3.05, 3.63) is 46.0 Å². The third-order valence-corrected chi connectivity index (χ3v) is 8.04. The number of hydrogen-bond acceptors (Lipinski definition) is 8. The van der Waals surface area contributed by atoms with E-state index in [-0.39, 0.29) is 22.8 Å². The normalized spacial score (nSPS) is 28.3. The van der Waals surface area contributed by atoms with Crippen LogP contribution in [0.15, 0.2) is 51.1 Å². The van der Waals surface area contributed by atoms with E-state index in [4.69, 9.17) is 15.0 Å². The number of hydrogen-bond donors (Lipinski definition) is 1. The van der Waals surface area contributed by atoms with Gasteiger partial charge in [0.2, 0.25) is 0 Å². The highest BCUT2D eigenvalue weighted by molar-refractivity contribution is 7.10. The monoisotopic (exact) mass is 520 g/mol. The summed E-state index contributed by atoms with van der Waals surface area (Å²) in [7, 11) is 1.33. The SMILES string of the molecule is CO/N=C(\C)C1=CC(c2nccs2)=C2OC=C(CCC3CC4CC[C@@H](C3)C4=N)N=C2C1OC(F)(F)F. The van der Waals surface area contributed by atoms with E-state index in [1.165, 1.54) is 24.7 Å². The van der Waals surface area contributed by atoms with Crippen LogP contribution in [0.4, 0.5) is 13.2 Å². The number of nitrogens with one attached hydrogen (secondary N) is 1. The quantitative estimate of drug-likeness (QED) is 0.339. The molecule has 0 amide bonds. The first-order valence-corrected chi connectivity index (χ1v) is 12.8. The zero-order valence-electron chi connectivity index (χ0n) is 20.0. The second-order valence-electron chi connectivity index (χ2n) is 9.51. The molecule has 7 nitrogen and oxygen atoms in total. The summed E-state index contributed by atoms with van der Waals surface area (Å²) in [6.07, 6.45) is 3.83. The number of alkyl halides is 3. The van der Waals surface area contributed by atoms with Crippen LogP contribution in [0.2, 0.25) is 0 Å². The van der Waals surface area contributed by atoms with E-state index in [0.29, 0.717) is 40.5 Å². The Kier molecular flexibility index (Phi) is 6.86. The summed E-state index contributed by atoms with van der Waals surface area (Å²) in [4.78, 5) is 13.8. The molecular weight excluding hydrogens is 493 g/mol. The van der Waals surface area contributed by atoms with E-state index in [1.807, 2.05) is 0 Å². The van der Waals surface area contributed by atoms with Gasteiger partial charge < -0.3 is 15.0 Å². The van der Waals surface area contributed by atoms with Crippen LogP contribution in [-0.2, 0) is 14.3 Å². The van der Waals surface area contributed by atoms with Crippen molar-refractivity contribution in [2.75, 3.05) is 7.11 Å². The van der Waals surface area contributed by atoms with Crippen LogP contribution in [0.1, 0.15) is 50.5 Å². The van der Waals surface area contributed by atoms with Crippen molar-refractivity contribution >= 4 is 34.0 Å². The summed E-state index contributed by atoms with van der Waals surface area (Å²) < 4.78 is 51.0. The predicted molar refractivity (Wildman–Crippen MR) is 131 cm³/mol. The minimum Gasteiger partial charge on any atom is -0.460 e. The summed E-state index contributed by atoms with van der Waals surface area (Å²) in [6.45, 7) is 1.56. The molecule has 36 heavy (non-hydrogen) atoms. The Bertz CT molecular complexity index is 1170. The van der Waals surface area contributed by atoms with Crippen molar-refractivity contribution in [1.82, 2.24) is 4.98 Å². The topological polar surface area (TPSA) is 89.2 Å². The van der Waals surface area contributed by atoms with E-state index in [2.05, 4.69) is 19.9 Å². The molecular formula is C25H27F3N4O3S. The Morgan fingerprint density at radius 1 is 1.28 bits per heavy atom. The molecule has 0 saturated heterocycles. The molecule has 2 saturated carbocycles. The molecule has 1 aromatic heterocycles. The number of oxime groups is 1.